The van der Waals surface area contributed by atoms with Crippen LogP contribution in [-0.2, 0) is 9.53 Å². The molecular weight excluding hydrogens is 410 g/mol. The molecule has 1 heterocycles. The van der Waals surface area contributed by atoms with Crippen LogP contribution < -0.4 is 16.0 Å². The Kier molecular flexibility index (Phi) is 5.85. The number of fused-ring (bicyclic) bond motifs is 2. The molecule has 0 fully saturated rings. The minimum absolute atomic E-state index is 0.242. The van der Waals surface area contributed by atoms with E-state index in [0.29, 0.717) is 22.2 Å². The number of nitrogens with one attached hydrogen (secondary N) is 1. The fraction of sp³-hybridized carbons (Fsp3) is 0.167. The maximum atomic E-state index is 12.8. The maximum absolute atomic E-state index is 12.8. The number of esters is 1. The van der Waals surface area contributed by atoms with Crippen molar-refractivity contribution in [1.82, 2.24) is 9.66 Å². The predicted molar refractivity (Wildman–Crippen MR) is 122 cm³/mol. The topological polar surface area (TPSA) is 103 Å². The molecule has 1 N–H and O–H groups in total. The molecule has 0 saturated heterocycles. The second-order valence-electron chi connectivity index (χ2n) is 7.05. The van der Waals surface area contributed by atoms with E-state index in [9.17, 15) is 14.4 Å². The molecule has 0 aliphatic rings. The van der Waals surface area contributed by atoms with Crippen molar-refractivity contribution in [3.05, 3.63) is 87.1 Å². The number of aromatic nitrogens is 2. The molecule has 1 unspecified atom stereocenters. The van der Waals surface area contributed by atoms with Crippen molar-refractivity contribution in [3.63, 3.8) is 0 Å². The molecule has 4 rings (SSSR count). The Bertz CT molecular complexity index is 1450. The molecule has 8 heteroatoms. The van der Waals surface area contributed by atoms with E-state index in [-0.39, 0.29) is 6.61 Å². The summed E-state index contributed by atoms with van der Waals surface area (Å²) in [5.74, 6) is -0.121. The lowest BCUT2D eigenvalue weighted by Crippen LogP contribution is -2.32. The standard InChI is InChI=1S/C24H21N3O5/c1-3-31-23(29)15(2)32-21-13-12-16-8-4-5-9-17(16)19(21)14-25-27-22(28)18-10-6-7-11-20(18)26-24(27)30/h4-15H,3H2,1-2H3,(H,26,30). The van der Waals surface area contributed by atoms with E-state index >= 15 is 0 Å². The average molecular weight is 431 g/mol. The number of H-pyrrole nitrogens is 1. The first-order chi connectivity index (χ1) is 15.5. The number of para-hydroxylation sites is 1. The number of aromatic amines is 1. The summed E-state index contributed by atoms with van der Waals surface area (Å²) in [5.41, 5.74) is -0.235. The summed E-state index contributed by atoms with van der Waals surface area (Å²) in [6.45, 7) is 3.55. The molecule has 1 atom stereocenters. The van der Waals surface area contributed by atoms with E-state index in [4.69, 9.17) is 9.47 Å². The van der Waals surface area contributed by atoms with Gasteiger partial charge in [-0.1, -0.05) is 42.5 Å². The molecule has 0 aliphatic heterocycles. The zero-order valence-electron chi connectivity index (χ0n) is 17.6. The number of carbonyl (C=O) groups excluding carboxylic acids is 1. The number of carbonyl (C=O) groups is 1. The Morgan fingerprint density at radius 1 is 1.06 bits per heavy atom. The SMILES string of the molecule is CCOC(=O)C(C)Oc1ccc2ccccc2c1C=Nn1c(=O)[nH]c2ccccc2c1=O. The Labute approximate surface area is 182 Å². The maximum Gasteiger partial charge on any atom is 0.349 e. The van der Waals surface area contributed by atoms with Gasteiger partial charge in [0.15, 0.2) is 6.10 Å². The van der Waals surface area contributed by atoms with Gasteiger partial charge in [0.25, 0.3) is 5.56 Å². The van der Waals surface area contributed by atoms with Crippen LogP contribution in [0.2, 0.25) is 0 Å². The molecule has 1 aromatic heterocycles. The lowest BCUT2D eigenvalue weighted by Gasteiger charge is -2.16. The van der Waals surface area contributed by atoms with Crippen molar-refractivity contribution in [3.8, 4) is 5.75 Å². The van der Waals surface area contributed by atoms with Crippen LogP contribution in [0.25, 0.3) is 21.7 Å². The van der Waals surface area contributed by atoms with Gasteiger partial charge in [-0.3, -0.25) is 4.79 Å². The van der Waals surface area contributed by atoms with Crippen LogP contribution in [-0.4, -0.2) is 34.6 Å². The number of benzene rings is 3. The highest BCUT2D eigenvalue weighted by atomic mass is 16.6. The van der Waals surface area contributed by atoms with E-state index in [1.807, 2.05) is 30.3 Å². The van der Waals surface area contributed by atoms with Gasteiger partial charge in [0, 0.05) is 5.56 Å². The van der Waals surface area contributed by atoms with Crippen molar-refractivity contribution < 1.29 is 14.3 Å². The summed E-state index contributed by atoms with van der Waals surface area (Å²) in [4.78, 5) is 40.0. The highest BCUT2D eigenvalue weighted by molar-refractivity contribution is 6.02. The molecular formula is C24H21N3O5. The zero-order chi connectivity index (χ0) is 22.7. The number of rotatable bonds is 6. The van der Waals surface area contributed by atoms with Crippen molar-refractivity contribution in [1.29, 1.82) is 0 Å². The molecule has 0 spiro atoms. The highest BCUT2D eigenvalue weighted by Crippen LogP contribution is 2.27. The molecule has 0 amide bonds. The highest BCUT2D eigenvalue weighted by Gasteiger charge is 2.18. The lowest BCUT2D eigenvalue weighted by atomic mass is 10.0. The van der Waals surface area contributed by atoms with Crippen LogP contribution >= 0.6 is 0 Å². The fourth-order valence-electron chi connectivity index (χ4n) is 3.38. The smallest absolute Gasteiger partial charge is 0.349 e. The quantitative estimate of drug-likeness (QED) is 0.373. The second kappa shape index (κ2) is 8.89. The van der Waals surface area contributed by atoms with Crippen LogP contribution in [0.5, 0.6) is 5.75 Å². The van der Waals surface area contributed by atoms with Gasteiger partial charge in [-0.2, -0.15) is 5.10 Å². The van der Waals surface area contributed by atoms with Crippen LogP contribution in [0.3, 0.4) is 0 Å². The third-order valence-corrected chi connectivity index (χ3v) is 4.94. The molecule has 0 radical (unpaired) electrons. The van der Waals surface area contributed by atoms with Gasteiger partial charge in [0.05, 0.1) is 23.7 Å². The second-order valence-corrected chi connectivity index (χ2v) is 7.05. The minimum Gasteiger partial charge on any atom is -0.478 e. The summed E-state index contributed by atoms with van der Waals surface area (Å²) < 4.78 is 11.6. The molecule has 162 valence electrons. The normalized spacial score (nSPS) is 12.3. The Balaban J connectivity index is 1.82. The van der Waals surface area contributed by atoms with Gasteiger partial charge in [0.2, 0.25) is 0 Å². The van der Waals surface area contributed by atoms with Crippen molar-refractivity contribution in [2.24, 2.45) is 5.10 Å². The van der Waals surface area contributed by atoms with Crippen molar-refractivity contribution in [2.45, 2.75) is 20.0 Å². The first kappa shape index (κ1) is 21.0. The third kappa shape index (κ3) is 4.02. The zero-order valence-corrected chi connectivity index (χ0v) is 17.6. The molecule has 4 aromatic rings. The van der Waals surface area contributed by atoms with E-state index in [0.717, 1.165) is 15.4 Å². The first-order valence-corrected chi connectivity index (χ1v) is 10.1. The number of hydrogen-bond acceptors (Lipinski definition) is 6. The van der Waals surface area contributed by atoms with Crippen LogP contribution in [0.15, 0.2) is 75.4 Å². The van der Waals surface area contributed by atoms with Gasteiger partial charge in [0.1, 0.15) is 5.75 Å². The molecule has 0 aliphatic carbocycles. The van der Waals surface area contributed by atoms with Gasteiger partial charge >= 0.3 is 11.7 Å². The van der Waals surface area contributed by atoms with Crippen LogP contribution in [0.1, 0.15) is 19.4 Å². The molecule has 8 nitrogen and oxygen atoms in total. The molecule has 0 saturated carbocycles. The summed E-state index contributed by atoms with van der Waals surface area (Å²) in [7, 11) is 0. The summed E-state index contributed by atoms with van der Waals surface area (Å²) in [6.07, 6.45) is 0.538. The first-order valence-electron chi connectivity index (χ1n) is 10.1. The van der Waals surface area contributed by atoms with E-state index in [1.165, 1.54) is 6.21 Å². The number of hydrogen-bond donors (Lipinski definition) is 1. The summed E-state index contributed by atoms with van der Waals surface area (Å²) in [5, 5.41) is 6.20. The largest absolute Gasteiger partial charge is 0.478 e. The van der Waals surface area contributed by atoms with Crippen molar-refractivity contribution >= 4 is 33.9 Å². The van der Waals surface area contributed by atoms with Crippen molar-refractivity contribution in [2.75, 3.05) is 6.61 Å². The van der Waals surface area contributed by atoms with E-state index in [1.54, 1.807) is 44.2 Å². The average Bonchev–Trinajstić information content (AvgIpc) is 2.80. The Hall–Kier alpha value is -4.20. The molecule has 0 bridgehead atoms. The predicted octanol–water partition coefficient (Wildman–Crippen LogP) is 3.06. The summed E-state index contributed by atoms with van der Waals surface area (Å²) >= 11 is 0. The minimum atomic E-state index is -0.852. The van der Waals surface area contributed by atoms with Gasteiger partial charge in [-0.15, -0.1) is 4.68 Å². The van der Waals surface area contributed by atoms with Gasteiger partial charge < -0.3 is 14.5 Å². The monoisotopic (exact) mass is 431 g/mol. The summed E-state index contributed by atoms with van der Waals surface area (Å²) in [6, 6.07) is 17.8. The Morgan fingerprint density at radius 2 is 1.78 bits per heavy atom. The third-order valence-electron chi connectivity index (χ3n) is 4.94. The van der Waals surface area contributed by atoms with Crippen LogP contribution in [0, 0.1) is 0 Å². The van der Waals surface area contributed by atoms with Crippen LogP contribution in [0.4, 0.5) is 0 Å². The lowest BCUT2D eigenvalue weighted by molar-refractivity contribution is -0.150. The molecule has 3 aromatic carbocycles. The fourth-order valence-corrected chi connectivity index (χ4v) is 3.38. The number of ether oxygens (including phenoxy) is 2. The van der Waals surface area contributed by atoms with Gasteiger partial charge in [-0.05, 0) is 42.8 Å². The van der Waals surface area contributed by atoms with E-state index < -0.39 is 23.3 Å². The van der Waals surface area contributed by atoms with Gasteiger partial charge in [-0.25, -0.2) is 9.59 Å². The Morgan fingerprint density at radius 3 is 2.56 bits per heavy atom. The number of nitrogens with zero attached hydrogens (tertiary/aromatic N) is 2. The van der Waals surface area contributed by atoms with E-state index in [2.05, 4.69) is 10.1 Å². The molecule has 32 heavy (non-hydrogen) atoms.